The SMILES string of the molecule is C[C@H](NC1c2ccccc2-c2ccccc21)C(=O)O. The molecule has 1 aliphatic carbocycles. The van der Waals surface area contributed by atoms with Crippen molar-refractivity contribution in [3.63, 3.8) is 0 Å². The number of carboxylic acids is 1. The topological polar surface area (TPSA) is 49.3 Å². The fourth-order valence-corrected chi connectivity index (χ4v) is 2.66. The molecule has 1 atom stereocenters. The van der Waals surface area contributed by atoms with Gasteiger partial charge in [-0.25, -0.2) is 0 Å². The van der Waals surface area contributed by atoms with Crippen LogP contribution in [0.15, 0.2) is 48.5 Å². The number of nitrogens with one attached hydrogen (secondary N) is 1. The average Bonchev–Trinajstić information content (AvgIpc) is 2.74. The van der Waals surface area contributed by atoms with Gasteiger partial charge in [0.25, 0.3) is 0 Å². The molecule has 19 heavy (non-hydrogen) atoms. The molecule has 0 radical (unpaired) electrons. The highest BCUT2D eigenvalue weighted by atomic mass is 16.4. The molecule has 2 aromatic rings. The lowest BCUT2D eigenvalue weighted by Crippen LogP contribution is -2.36. The Morgan fingerprint density at radius 1 is 1.05 bits per heavy atom. The van der Waals surface area contributed by atoms with Crippen molar-refractivity contribution >= 4 is 5.97 Å². The van der Waals surface area contributed by atoms with Crippen LogP contribution in [0, 0.1) is 0 Å². The number of rotatable bonds is 3. The summed E-state index contributed by atoms with van der Waals surface area (Å²) in [4.78, 5) is 11.0. The van der Waals surface area contributed by atoms with Crippen LogP contribution in [0.1, 0.15) is 24.1 Å². The molecule has 0 fully saturated rings. The van der Waals surface area contributed by atoms with E-state index in [0.29, 0.717) is 0 Å². The van der Waals surface area contributed by atoms with Gasteiger partial charge in [0.1, 0.15) is 6.04 Å². The Morgan fingerprint density at radius 3 is 2.00 bits per heavy atom. The standard InChI is InChI=1S/C16H15NO2/c1-10(16(18)19)17-15-13-8-4-2-6-11(13)12-7-3-5-9-14(12)15/h2-10,15,17H,1H3,(H,18,19)/t10-/m0/s1. The first kappa shape index (κ1) is 11.9. The van der Waals surface area contributed by atoms with Crippen LogP contribution in [0.5, 0.6) is 0 Å². The predicted molar refractivity (Wildman–Crippen MR) is 74.0 cm³/mol. The van der Waals surface area contributed by atoms with Gasteiger partial charge in [-0.15, -0.1) is 0 Å². The third-order valence-electron chi connectivity index (χ3n) is 3.62. The third-order valence-corrected chi connectivity index (χ3v) is 3.62. The highest BCUT2D eigenvalue weighted by molar-refractivity contribution is 5.79. The number of carbonyl (C=O) groups is 1. The smallest absolute Gasteiger partial charge is 0.320 e. The van der Waals surface area contributed by atoms with Gasteiger partial charge >= 0.3 is 5.97 Å². The number of aliphatic carboxylic acids is 1. The molecule has 0 amide bonds. The van der Waals surface area contributed by atoms with Crippen LogP contribution in [0.2, 0.25) is 0 Å². The van der Waals surface area contributed by atoms with Crippen LogP contribution in [-0.2, 0) is 4.79 Å². The Morgan fingerprint density at radius 2 is 1.53 bits per heavy atom. The maximum absolute atomic E-state index is 11.0. The summed E-state index contributed by atoms with van der Waals surface area (Å²) in [5.74, 6) is -0.832. The van der Waals surface area contributed by atoms with Crippen LogP contribution in [0.4, 0.5) is 0 Å². The number of benzene rings is 2. The second kappa shape index (κ2) is 4.52. The molecular formula is C16H15NO2. The molecular weight excluding hydrogens is 238 g/mol. The van der Waals surface area contributed by atoms with Gasteiger partial charge in [-0.2, -0.15) is 0 Å². The van der Waals surface area contributed by atoms with Gasteiger partial charge in [-0.05, 0) is 29.2 Å². The highest BCUT2D eigenvalue weighted by Gasteiger charge is 2.29. The van der Waals surface area contributed by atoms with E-state index in [1.54, 1.807) is 6.92 Å². The summed E-state index contributed by atoms with van der Waals surface area (Å²) >= 11 is 0. The van der Waals surface area contributed by atoms with Crippen molar-refractivity contribution in [3.8, 4) is 11.1 Å². The van der Waals surface area contributed by atoms with Gasteiger partial charge in [-0.1, -0.05) is 48.5 Å². The number of hydrogen-bond acceptors (Lipinski definition) is 2. The van der Waals surface area contributed by atoms with E-state index in [2.05, 4.69) is 29.6 Å². The van der Waals surface area contributed by atoms with Crippen molar-refractivity contribution in [1.82, 2.24) is 5.32 Å². The molecule has 0 aliphatic heterocycles. The van der Waals surface area contributed by atoms with Crippen molar-refractivity contribution in [2.24, 2.45) is 0 Å². The monoisotopic (exact) mass is 253 g/mol. The van der Waals surface area contributed by atoms with Crippen molar-refractivity contribution < 1.29 is 9.90 Å². The van der Waals surface area contributed by atoms with Gasteiger partial charge in [0.2, 0.25) is 0 Å². The Kier molecular flexibility index (Phi) is 2.84. The molecule has 0 unspecified atom stereocenters. The molecule has 3 rings (SSSR count). The van der Waals surface area contributed by atoms with E-state index in [-0.39, 0.29) is 6.04 Å². The summed E-state index contributed by atoms with van der Waals surface area (Å²) in [6, 6.07) is 15.7. The van der Waals surface area contributed by atoms with Gasteiger partial charge in [0.15, 0.2) is 0 Å². The molecule has 0 bridgehead atoms. The molecule has 2 N–H and O–H groups in total. The van der Waals surface area contributed by atoms with Crippen LogP contribution in [-0.4, -0.2) is 17.1 Å². The fourth-order valence-electron chi connectivity index (χ4n) is 2.66. The first-order valence-electron chi connectivity index (χ1n) is 6.35. The summed E-state index contributed by atoms with van der Waals surface area (Å²) in [6.45, 7) is 1.67. The minimum absolute atomic E-state index is 0.0431. The highest BCUT2D eigenvalue weighted by Crippen LogP contribution is 2.43. The zero-order valence-corrected chi connectivity index (χ0v) is 10.6. The average molecular weight is 253 g/mol. The second-order valence-corrected chi connectivity index (χ2v) is 4.83. The molecule has 0 saturated heterocycles. The first-order valence-corrected chi connectivity index (χ1v) is 6.35. The molecule has 96 valence electrons. The Balaban J connectivity index is 2.07. The van der Waals surface area contributed by atoms with Gasteiger partial charge in [0, 0.05) is 0 Å². The van der Waals surface area contributed by atoms with E-state index in [9.17, 15) is 4.79 Å². The quantitative estimate of drug-likeness (QED) is 0.884. The molecule has 0 aromatic heterocycles. The van der Waals surface area contributed by atoms with E-state index in [1.165, 1.54) is 11.1 Å². The Hall–Kier alpha value is -2.13. The minimum Gasteiger partial charge on any atom is -0.480 e. The Bertz CT molecular complexity index is 591. The maximum Gasteiger partial charge on any atom is 0.320 e. The second-order valence-electron chi connectivity index (χ2n) is 4.83. The normalized spacial score (nSPS) is 14.8. The maximum atomic E-state index is 11.0. The lowest BCUT2D eigenvalue weighted by molar-refractivity contribution is -0.139. The van der Waals surface area contributed by atoms with Gasteiger partial charge in [-0.3, -0.25) is 10.1 Å². The third kappa shape index (κ3) is 1.92. The molecule has 3 nitrogen and oxygen atoms in total. The van der Waals surface area contributed by atoms with Crippen LogP contribution in [0.25, 0.3) is 11.1 Å². The summed E-state index contributed by atoms with van der Waals surface area (Å²) in [6.07, 6.45) is 0. The van der Waals surface area contributed by atoms with Crippen LogP contribution < -0.4 is 5.32 Å². The van der Waals surface area contributed by atoms with Crippen LogP contribution in [0.3, 0.4) is 0 Å². The van der Waals surface area contributed by atoms with E-state index >= 15 is 0 Å². The summed E-state index contributed by atoms with van der Waals surface area (Å²) in [5, 5.41) is 12.3. The minimum atomic E-state index is -0.832. The molecule has 1 aliphatic rings. The van der Waals surface area contributed by atoms with E-state index in [1.807, 2.05) is 24.3 Å². The zero-order chi connectivity index (χ0) is 13.4. The van der Waals surface area contributed by atoms with E-state index in [0.717, 1.165) is 11.1 Å². The summed E-state index contributed by atoms with van der Waals surface area (Å²) in [7, 11) is 0. The zero-order valence-electron chi connectivity index (χ0n) is 10.6. The molecule has 0 saturated carbocycles. The van der Waals surface area contributed by atoms with Crippen molar-refractivity contribution in [2.45, 2.75) is 19.0 Å². The van der Waals surface area contributed by atoms with E-state index in [4.69, 9.17) is 5.11 Å². The van der Waals surface area contributed by atoms with Crippen LogP contribution >= 0.6 is 0 Å². The van der Waals surface area contributed by atoms with Crippen molar-refractivity contribution in [2.75, 3.05) is 0 Å². The summed E-state index contributed by atoms with van der Waals surface area (Å²) in [5.41, 5.74) is 4.68. The van der Waals surface area contributed by atoms with E-state index < -0.39 is 12.0 Å². The van der Waals surface area contributed by atoms with Crippen molar-refractivity contribution in [3.05, 3.63) is 59.7 Å². The largest absolute Gasteiger partial charge is 0.480 e. The predicted octanol–water partition coefficient (Wildman–Crippen LogP) is 2.82. The lowest BCUT2D eigenvalue weighted by atomic mass is 10.0. The molecule has 0 heterocycles. The first-order chi connectivity index (χ1) is 9.18. The molecule has 3 heteroatoms. The number of hydrogen-bond donors (Lipinski definition) is 2. The molecule has 2 aromatic carbocycles. The summed E-state index contributed by atoms with van der Waals surface area (Å²) < 4.78 is 0. The number of fused-ring (bicyclic) bond motifs is 3. The van der Waals surface area contributed by atoms with Gasteiger partial charge in [0.05, 0.1) is 6.04 Å². The molecule has 0 spiro atoms. The number of carboxylic acid groups (broad SMARTS) is 1. The van der Waals surface area contributed by atoms with Gasteiger partial charge < -0.3 is 5.11 Å². The van der Waals surface area contributed by atoms with Crippen molar-refractivity contribution in [1.29, 1.82) is 0 Å². The fraction of sp³-hybridized carbons (Fsp3) is 0.188. The Labute approximate surface area is 111 Å². The lowest BCUT2D eigenvalue weighted by Gasteiger charge is -2.18.